The lowest BCUT2D eigenvalue weighted by molar-refractivity contribution is 0.781. The Morgan fingerprint density at radius 3 is 2.83 bits per heavy atom. The van der Waals surface area contributed by atoms with Crippen molar-refractivity contribution in [3.63, 3.8) is 0 Å². The summed E-state index contributed by atoms with van der Waals surface area (Å²) in [5, 5.41) is 6.63. The van der Waals surface area contributed by atoms with Gasteiger partial charge in [-0.15, -0.1) is 0 Å². The molecule has 0 amide bonds. The SMILES string of the molecule is CCCNC(=NC)NCc1ccc2c(c1)CCC2. The second kappa shape index (κ2) is 6.43. The van der Waals surface area contributed by atoms with Gasteiger partial charge in [-0.2, -0.15) is 0 Å². The van der Waals surface area contributed by atoms with Gasteiger partial charge in [-0.3, -0.25) is 4.99 Å². The number of guanidine groups is 1. The van der Waals surface area contributed by atoms with Crippen LogP contribution in [0.4, 0.5) is 0 Å². The van der Waals surface area contributed by atoms with Gasteiger partial charge in [-0.25, -0.2) is 0 Å². The summed E-state index contributed by atoms with van der Waals surface area (Å²) in [5.41, 5.74) is 4.41. The summed E-state index contributed by atoms with van der Waals surface area (Å²) in [6, 6.07) is 6.84. The Hall–Kier alpha value is -1.51. The third-order valence-electron chi connectivity index (χ3n) is 3.39. The van der Waals surface area contributed by atoms with E-state index in [0.717, 1.165) is 25.5 Å². The Morgan fingerprint density at radius 2 is 2.06 bits per heavy atom. The highest BCUT2D eigenvalue weighted by molar-refractivity contribution is 5.79. The molecule has 2 rings (SSSR count). The molecule has 0 saturated carbocycles. The largest absolute Gasteiger partial charge is 0.356 e. The lowest BCUT2D eigenvalue weighted by Crippen LogP contribution is -2.37. The number of aryl methyl sites for hydroxylation is 2. The highest BCUT2D eigenvalue weighted by atomic mass is 15.2. The summed E-state index contributed by atoms with van der Waals surface area (Å²) >= 11 is 0. The predicted octanol–water partition coefficient (Wildman–Crippen LogP) is 2.25. The molecule has 1 aromatic carbocycles. The van der Waals surface area contributed by atoms with Crippen molar-refractivity contribution < 1.29 is 0 Å². The fraction of sp³-hybridized carbons (Fsp3) is 0.533. The second-order valence-electron chi connectivity index (χ2n) is 4.81. The normalized spacial score (nSPS) is 14.4. The van der Waals surface area contributed by atoms with Gasteiger partial charge in [0.25, 0.3) is 0 Å². The minimum absolute atomic E-state index is 0.844. The van der Waals surface area contributed by atoms with Crippen LogP contribution in [0.1, 0.15) is 36.5 Å². The molecule has 1 aromatic rings. The first-order valence-electron chi connectivity index (χ1n) is 6.88. The molecule has 0 atom stereocenters. The Labute approximate surface area is 110 Å². The lowest BCUT2D eigenvalue weighted by atomic mass is 10.1. The quantitative estimate of drug-likeness (QED) is 0.630. The molecular weight excluding hydrogens is 222 g/mol. The van der Waals surface area contributed by atoms with E-state index in [1.807, 2.05) is 7.05 Å². The number of nitrogens with zero attached hydrogens (tertiary/aromatic N) is 1. The maximum Gasteiger partial charge on any atom is 0.191 e. The molecule has 0 bridgehead atoms. The zero-order chi connectivity index (χ0) is 12.8. The Kier molecular flexibility index (Phi) is 4.62. The number of benzene rings is 1. The molecule has 1 aliphatic carbocycles. The summed E-state index contributed by atoms with van der Waals surface area (Å²) in [7, 11) is 1.81. The molecule has 0 aromatic heterocycles. The monoisotopic (exact) mass is 245 g/mol. The van der Waals surface area contributed by atoms with Crippen LogP contribution < -0.4 is 10.6 Å². The van der Waals surface area contributed by atoms with Crippen LogP contribution in [0.15, 0.2) is 23.2 Å². The zero-order valence-electron chi connectivity index (χ0n) is 11.4. The molecule has 0 radical (unpaired) electrons. The first-order valence-corrected chi connectivity index (χ1v) is 6.88. The van der Waals surface area contributed by atoms with Gasteiger partial charge in [0.1, 0.15) is 0 Å². The molecule has 0 heterocycles. The van der Waals surface area contributed by atoms with Crippen molar-refractivity contribution >= 4 is 5.96 Å². The first-order chi connectivity index (χ1) is 8.83. The molecule has 0 aliphatic heterocycles. The fourth-order valence-corrected chi connectivity index (χ4v) is 2.38. The molecule has 18 heavy (non-hydrogen) atoms. The number of rotatable bonds is 4. The van der Waals surface area contributed by atoms with Crippen LogP contribution in [-0.2, 0) is 19.4 Å². The van der Waals surface area contributed by atoms with Crippen LogP contribution in [0, 0.1) is 0 Å². The lowest BCUT2D eigenvalue weighted by Gasteiger charge is -2.11. The predicted molar refractivity (Wildman–Crippen MR) is 77.0 cm³/mol. The van der Waals surface area contributed by atoms with Gasteiger partial charge in [-0.05, 0) is 42.4 Å². The molecular formula is C15H23N3. The van der Waals surface area contributed by atoms with E-state index in [1.54, 1.807) is 0 Å². The van der Waals surface area contributed by atoms with Crippen molar-refractivity contribution in [3.05, 3.63) is 34.9 Å². The van der Waals surface area contributed by atoms with Gasteiger partial charge in [0, 0.05) is 20.1 Å². The Bertz CT molecular complexity index is 424. The van der Waals surface area contributed by atoms with Crippen LogP contribution in [0.5, 0.6) is 0 Å². The first kappa shape index (κ1) is 12.9. The standard InChI is InChI=1S/C15H23N3/c1-3-9-17-15(16-2)18-11-12-7-8-13-5-4-6-14(13)10-12/h7-8,10H,3-6,9,11H2,1-2H3,(H2,16,17,18). The number of hydrogen-bond donors (Lipinski definition) is 2. The summed E-state index contributed by atoms with van der Waals surface area (Å²) in [6.07, 6.45) is 4.92. The van der Waals surface area contributed by atoms with Crippen molar-refractivity contribution in [2.45, 2.75) is 39.2 Å². The Morgan fingerprint density at radius 1 is 1.22 bits per heavy atom. The van der Waals surface area contributed by atoms with Crippen molar-refractivity contribution in [2.75, 3.05) is 13.6 Å². The van der Waals surface area contributed by atoms with E-state index >= 15 is 0 Å². The van der Waals surface area contributed by atoms with Gasteiger partial charge < -0.3 is 10.6 Å². The summed E-state index contributed by atoms with van der Waals surface area (Å²) in [5.74, 6) is 0.886. The van der Waals surface area contributed by atoms with E-state index < -0.39 is 0 Å². The van der Waals surface area contributed by atoms with Crippen LogP contribution in [0.3, 0.4) is 0 Å². The molecule has 0 unspecified atom stereocenters. The molecule has 3 nitrogen and oxygen atoms in total. The van der Waals surface area contributed by atoms with Crippen LogP contribution in [0.2, 0.25) is 0 Å². The number of hydrogen-bond acceptors (Lipinski definition) is 1. The highest BCUT2D eigenvalue weighted by Crippen LogP contribution is 2.22. The van der Waals surface area contributed by atoms with Gasteiger partial charge in [-0.1, -0.05) is 25.1 Å². The topological polar surface area (TPSA) is 36.4 Å². The smallest absolute Gasteiger partial charge is 0.191 e. The number of nitrogens with one attached hydrogen (secondary N) is 2. The molecule has 0 spiro atoms. The fourth-order valence-electron chi connectivity index (χ4n) is 2.38. The molecule has 98 valence electrons. The van der Waals surface area contributed by atoms with Gasteiger partial charge >= 0.3 is 0 Å². The third-order valence-corrected chi connectivity index (χ3v) is 3.39. The maximum absolute atomic E-state index is 4.21. The summed E-state index contributed by atoms with van der Waals surface area (Å²) in [6.45, 7) is 3.96. The van der Waals surface area contributed by atoms with Crippen molar-refractivity contribution in [3.8, 4) is 0 Å². The van der Waals surface area contributed by atoms with Crippen LogP contribution >= 0.6 is 0 Å². The van der Waals surface area contributed by atoms with Crippen molar-refractivity contribution in [1.29, 1.82) is 0 Å². The maximum atomic E-state index is 4.21. The van der Waals surface area contributed by atoms with Crippen LogP contribution in [0.25, 0.3) is 0 Å². The van der Waals surface area contributed by atoms with E-state index in [4.69, 9.17) is 0 Å². The van der Waals surface area contributed by atoms with Crippen LogP contribution in [-0.4, -0.2) is 19.6 Å². The number of fused-ring (bicyclic) bond motifs is 1. The molecule has 1 aliphatic rings. The average Bonchev–Trinajstić information content (AvgIpc) is 2.86. The van der Waals surface area contributed by atoms with E-state index in [9.17, 15) is 0 Å². The molecule has 0 fully saturated rings. The highest BCUT2D eigenvalue weighted by Gasteiger charge is 2.10. The van der Waals surface area contributed by atoms with E-state index in [2.05, 4.69) is 40.7 Å². The molecule has 3 heteroatoms. The van der Waals surface area contributed by atoms with E-state index in [-0.39, 0.29) is 0 Å². The van der Waals surface area contributed by atoms with Crippen molar-refractivity contribution in [1.82, 2.24) is 10.6 Å². The summed E-state index contributed by atoms with van der Waals surface area (Å²) in [4.78, 5) is 4.21. The minimum atomic E-state index is 0.844. The minimum Gasteiger partial charge on any atom is -0.356 e. The van der Waals surface area contributed by atoms with E-state index in [1.165, 1.54) is 36.0 Å². The number of aliphatic imine (C=N–C) groups is 1. The molecule has 0 saturated heterocycles. The van der Waals surface area contributed by atoms with Gasteiger partial charge in [0.2, 0.25) is 0 Å². The van der Waals surface area contributed by atoms with E-state index in [0.29, 0.717) is 0 Å². The van der Waals surface area contributed by atoms with Crippen molar-refractivity contribution in [2.24, 2.45) is 4.99 Å². The zero-order valence-corrected chi connectivity index (χ0v) is 11.4. The molecule has 2 N–H and O–H groups in total. The summed E-state index contributed by atoms with van der Waals surface area (Å²) < 4.78 is 0. The Balaban J connectivity index is 1.89. The van der Waals surface area contributed by atoms with Gasteiger partial charge in [0.05, 0.1) is 0 Å². The average molecular weight is 245 g/mol. The van der Waals surface area contributed by atoms with Gasteiger partial charge in [0.15, 0.2) is 5.96 Å². The third kappa shape index (κ3) is 3.25. The second-order valence-corrected chi connectivity index (χ2v) is 4.81.